The summed E-state index contributed by atoms with van der Waals surface area (Å²) in [6.07, 6.45) is -1.24. The Morgan fingerprint density at radius 2 is 1.48 bits per heavy atom. The second-order valence-corrected chi connectivity index (χ2v) is 6.47. The van der Waals surface area contributed by atoms with E-state index in [-0.39, 0.29) is 17.2 Å². The maximum atomic E-state index is 11.6. The Morgan fingerprint density at radius 3 is 2.07 bits per heavy atom. The summed E-state index contributed by atoms with van der Waals surface area (Å²) in [6, 6.07) is 9.46. The first kappa shape index (κ1) is 20.0. The van der Waals surface area contributed by atoms with Gasteiger partial charge in [0.1, 0.15) is 23.2 Å². The summed E-state index contributed by atoms with van der Waals surface area (Å²) in [5.41, 5.74) is 1.61. The standard InChI is InChI=1S/C21H17NO7/c1-10(23)27-13-4-5-15-17(6-13)21(26)18(9-22)16-7-14(28-11(2)24)8-19(20(15)16)29-12(3)25/h4-8,18,21,26H,1-3H3. The topological polar surface area (TPSA) is 123 Å². The van der Waals surface area contributed by atoms with Crippen molar-refractivity contribution >= 4 is 17.9 Å². The molecule has 0 radical (unpaired) electrons. The molecule has 29 heavy (non-hydrogen) atoms. The fourth-order valence-electron chi connectivity index (χ4n) is 3.34. The summed E-state index contributed by atoms with van der Waals surface area (Å²) in [5, 5.41) is 20.5. The average Bonchev–Trinajstić information content (AvgIpc) is 2.60. The predicted molar refractivity (Wildman–Crippen MR) is 99.1 cm³/mol. The molecular formula is C21H17NO7. The number of aliphatic hydroxyl groups is 1. The van der Waals surface area contributed by atoms with Gasteiger partial charge in [0, 0.05) is 32.4 Å². The summed E-state index contributed by atoms with van der Waals surface area (Å²) in [5.74, 6) is -2.38. The lowest BCUT2D eigenvalue weighted by molar-refractivity contribution is -0.133. The lowest BCUT2D eigenvalue weighted by atomic mass is 9.76. The molecule has 0 spiro atoms. The van der Waals surface area contributed by atoms with Crippen LogP contribution in [0.15, 0.2) is 30.3 Å². The van der Waals surface area contributed by atoms with Gasteiger partial charge in [-0.15, -0.1) is 0 Å². The highest BCUT2D eigenvalue weighted by atomic mass is 16.5. The maximum Gasteiger partial charge on any atom is 0.308 e. The number of ether oxygens (including phenoxy) is 3. The van der Waals surface area contributed by atoms with Gasteiger partial charge in [-0.3, -0.25) is 14.4 Å². The summed E-state index contributed by atoms with van der Waals surface area (Å²) < 4.78 is 15.5. The highest BCUT2D eigenvalue weighted by Crippen LogP contribution is 2.51. The quantitative estimate of drug-likeness (QED) is 0.622. The number of benzene rings is 2. The number of aliphatic hydroxyl groups excluding tert-OH is 1. The first-order chi connectivity index (χ1) is 13.7. The minimum atomic E-state index is -1.24. The molecule has 0 saturated carbocycles. The first-order valence-corrected chi connectivity index (χ1v) is 8.66. The van der Waals surface area contributed by atoms with Crippen LogP contribution in [0, 0.1) is 11.3 Å². The molecule has 0 aromatic heterocycles. The van der Waals surface area contributed by atoms with Crippen molar-refractivity contribution in [3.05, 3.63) is 41.5 Å². The summed E-state index contributed by atoms with van der Waals surface area (Å²) in [6.45, 7) is 3.68. The van der Waals surface area contributed by atoms with E-state index < -0.39 is 29.9 Å². The van der Waals surface area contributed by atoms with Crippen LogP contribution in [0.3, 0.4) is 0 Å². The van der Waals surface area contributed by atoms with Gasteiger partial charge in [0.15, 0.2) is 0 Å². The highest BCUT2D eigenvalue weighted by Gasteiger charge is 2.36. The number of esters is 3. The Labute approximate surface area is 166 Å². The molecule has 1 N–H and O–H groups in total. The van der Waals surface area contributed by atoms with Crippen LogP contribution in [0.25, 0.3) is 11.1 Å². The van der Waals surface area contributed by atoms with Gasteiger partial charge in [-0.2, -0.15) is 5.26 Å². The average molecular weight is 395 g/mol. The molecule has 3 rings (SSSR count). The lowest BCUT2D eigenvalue weighted by Gasteiger charge is -2.30. The number of carbonyl (C=O) groups is 3. The molecule has 8 nitrogen and oxygen atoms in total. The van der Waals surface area contributed by atoms with Crippen LogP contribution >= 0.6 is 0 Å². The molecule has 2 atom stereocenters. The summed E-state index contributed by atoms with van der Waals surface area (Å²) >= 11 is 0. The van der Waals surface area contributed by atoms with Gasteiger partial charge in [0.05, 0.1) is 12.2 Å². The Bertz CT molecular complexity index is 1070. The van der Waals surface area contributed by atoms with Crippen LogP contribution in [0.1, 0.15) is 43.9 Å². The van der Waals surface area contributed by atoms with E-state index in [9.17, 15) is 24.8 Å². The Hall–Kier alpha value is -3.70. The molecule has 0 amide bonds. The fraction of sp³-hybridized carbons (Fsp3) is 0.238. The molecule has 1 aliphatic rings. The van der Waals surface area contributed by atoms with Crippen LogP contribution in [0.5, 0.6) is 17.2 Å². The third-order valence-corrected chi connectivity index (χ3v) is 4.28. The molecule has 148 valence electrons. The molecule has 0 fully saturated rings. The SMILES string of the molecule is CC(=O)Oc1ccc2c(c1)C(O)C(C#N)c1cc(OC(C)=O)cc(OC(C)=O)c1-2. The number of nitrogens with zero attached hydrogens (tertiary/aromatic N) is 1. The van der Waals surface area contributed by atoms with E-state index in [1.54, 1.807) is 6.07 Å². The van der Waals surface area contributed by atoms with Gasteiger partial charge in [-0.05, 0) is 34.9 Å². The smallest absolute Gasteiger partial charge is 0.308 e. The molecule has 2 unspecified atom stereocenters. The minimum Gasteiger partial charge on any atom is -0.427 e. The monoisotopic (exact) mass is 395 g/mol. The van der Waals surface area contributed by atoms with Gasteiger partial charge < -0.3 is 19.3 Å². The molecule has 0 aliphatic heterocycles. The third-order valence-electron chi connectivity index (χ3n) is 4.28. The van der Waals surface area contributed by atoms with E-state index in [1.807, 2.05) is 6.07 Å². The first-order valence-electron chi connectivity index (χ1n) is 8.66. The maximum absolute atomic E-state index is 11.6. The Kier molecular flexibility index (Phi) is 5.35. The zero-order chi connectivity index (χ0) is 21.3. The van der Waals surface area contributed by atoms with Crippen molar-refractivity contribution in [1.82, 2.24) is 0 Å². The Balaban J connectivity index is 2.28. The van der Waals surface area contributed by atoms with Crippen LogP contribution in [-0.4, -0.2) is 23.0 Å². The van der Waals surface area contributed by atoms with E-state index in [4.69, 9.17) is 14.2 Å². The molecule has 2 aromatic carbocycles. The third kappa shape index (κ3) is 3.95. The number of carbonyl (C=O) groups excluding carboxylic acids is 3. The molecule has 8 heteroatoms. The van der Waals surface area contributed by atoms with Gasteiger partial charge in [-0.25, -0.2) is 0 Å². The molecule has 2 aromatic rings. The van der Waals surface area contributed by atoms with Crippen LogP contribution in [0.2, 0.25) is 0 Å². The normalized spacial score (nSPS) is 16.7. The Morgan fingerprint density at radius 1 is 0.897 bits per heavy atom. The van der Waals surface area contributed by atoms with Crippen LogP contribution in [0.4, 0.5) is 0 Å². The summed E-state index contributed by atoms with van der Waals surface area (Å²) in [4.78, 5) is 34.2. The van der Waals surface area contributed by atoms with Crippen LogP contribution < -0.4 is 14.2 Å². The van der Waals surface area contributed by atoms with E-state index in [1.165, 1.54) is 45.0 Å². The van der Waals surface area contributed by atoms with Gasteiger partial charge in [0.2, 0.25) is 0 Å². The van der Waals surface area contributed by atoms with Crippen molar-refractivity contribution < 1.29 is 33.7 Å². The van der Waals surface area contributed by atoms with Crippen molar-refractivity contribution in [1.29, 1.82) is 5.26 Å². The number of hydrogen-bond acceptors (Lipinski definition) is 8. The van der Waals surface area contributed by atoms with Crippen molar-refractivity contribution in [3.8, 4) is 34.4 Å². The molecule has 0 heterocycles. The molecule has 1 aliphatic carbocycles. The second-order valence-electron chi connectivity index (χ2n) is 6.47. The fourth-order valence-corrected chi connectivity index (χ4v) is 3.34. The second kappa shape index (κ2) is 7.73. The highest BCUT2D eigenvalue weighted by molar-refractivity contribution is 5.85. The number of hydrogen-bond donors (Lipinski definition) is 1. The van der Waals surface area contributed by atoms with E-state index in [0.29, 0.717) is 22.3 Å². The predicted octanol–water partition coefficient (Wildman–Crippen LogP) is 2.78. The zero-order valence-electron chi connectivity index (χ0n) is 15.9. The molecular weight excluding hydrogens is 378 g/mol. The number of rotatable bonds is 3. The van der Waals surface area contributed by atoms with Crippen molar-refractivity contribution in [2.45, 2.75) is 32.8 Å². The molecule has 0 saturated heterocycles. The summed E-state index contributed by atoms with van der Waals surface area (Å²) in [7, 11) is 0. The zero-order valence-corrected chi connectivity index (χ0v) is 15.9. The van der Waals surface area contributed by atoms with Gasteiger partial charge in [0.25, 0.3) is 0 Å². The number of nitriles is 1. The van der Waals surface area contributed by atoms with Gasteiger partial charge >= 0.3 is 17.9 Å². The van der Waals surface area contributed by atoms with Crippen molar-refractivity contribution in [3.63, 3.8) is 0 Å². The largest absolute Gasteiger partial charge is 0.427 e. The van der Waals surface area contributed by atoms with Crippen molar-refractivity contribution in [2.24, 2.45) is 0 Å². The van der Waals surface area contributed by atoms with E-state index in [2.05, 4.69) is 0 Å². The lowest BCUT2D eigenvalue weighted by Crippen LogP contribution is -2.18. The number of fused-ring (bicyclic) bond motifs is 3. The minimum absolute atomic E-state index is 0.0832. The van der Waals surface area contributed by atoms with E-state index >= 15 is 0 Å². The van der Waals surface area contributed by atoms with Crippen LogP contribution in [-0.2, 0) is 14.4 Å². The van der Waals surface area contributed by atoms with Gasteiger partial charge in [-0.1, -0.05) is 6.07 Å². The van der Waals surface area contributed by atoms with E-state index in [0.717, 1.165) is 0 Å². The molecule has 0 bridgehead atoms. The van der Waals surface area contributed by atoms with Crippen molar-refractivity contribution in [2.75, 3.05) is 0 Å².